The molecule has 0 amide bonds. The average molecular weight is 328 g/mol. The summed E-state index contributed by atoms with van der Waals surface area (Å²) in [4.78, 5) is 12.1. The monoisotopic (exact) mass is 328 g/mol. The molecule has 4 heteroatoms. The van der Waals surface area contributed by atoms with Gasteiger partial charge in [0.2, 0.25) is 0 Å². The Hall–Kier alpha value is -2.07. The Labute approximate surface area is 139 Å². The van der Waals surface area contributed by atoms with E-state index in [1.165, 1.54) is 12.1 Å². The van der Waals surface area contributed by atoms with E-state index in [2.05, 4.69) is 12.1 Å². The molecule has 0 aliphatic carbocycles. The van der Waals surface area contributed by atoms with Crippen molar-refractivity contribution in [3.8, 4) is 0 Å². The molecular formula is C19H17FO2S. The first-order valence-corrected chi connectivity index (χ1v) is 8.67. The van der Waals surface area contributed by atoms with Crippen LogP contribution < -0.4 is 0 Å². The summed E-state index contributed by atoms with van der Waals surface area (Å²) in [5.74, 6) is 0.207. The van der Waals surface area contributed by atoms with Gasteiger partial charge in [0.15, 0.2) is 5.76 Å². The summed E-state index contributed by atoms with van der Waals surface area (Å²) in [6.07, 6.45) is 4.11. The molecule has 0 radical (unpaired) electrons. The third kappa shape index (κ3) is 3.64. The Morgan fingerprint density at radius 1 is 1.09 bits per heavy atom. The van der Waals surface area contributed by atoms with Crippen molar-refractivity contribution in [2.75, 3.05) is 6.26 Å². The molecule has 0 N–H and O–H groups in total. The number of thioether (sulfide) groups is 1. The second-order valence-corrected chi connectivity index (χ2v) is 6.21. The lowest BCUT2D eigenvalue weighted by molar-refractivity contribution is -0.112. The quantitative estimate of drug-likeness (QED) is 0.806. The van der Waals surface area contributed by atoms with Crippen LogP contribution in [0, 0.1) is 5.82 Å². The number of carbonyl (C=O) groups is 1. The van der Waals surface area contributed by atoms with Crippen LogP contribution in [0.5, 0.6) is 0 Å². The summed E-state index contributed by atoms with van der Waals surface area (Å²) < 4.78 is 19.0. The number of rotatable bonds is 3. The van der Waals surface area contributed by atoms with Crippen molar-refractivity contribution in [3.05, 3.63) is 83.4 Å². The van der Waals surface area contributed by atoms with E-state index in [1.807, 2.05) is 24.3 Å². The SMILES string of the molecule is CSC(=O)C1=C[C@@H](c2ccccc2)C[C@H](c2ccc(F)cc2)O1. The van der Waals surface area contributed by atoms with Crippen LogP contribution >= 0.6 is 11.8 Å². The fraction of sp³-hybridized carbons (Fsp3) is 0.211. The second-order valence-electron chi connectivity index (χ2n) is 5.43. The van der Waals surface area contributed by atoms with Gasteiger partial charge in [-0.25, -0.2) is 4.39 Å². The molecule has 0 aromatic heterocycles. The third-order valence-corrected chi connectivity index (χ3v) is 4.52. The van der Waals surface area contributed by atoms with Gasteiger partial charge >= 0.3 is 0 Å². The van der Waals surface area contributed by atoms with Crippen molar-refractivity contribution in [2.24, 2.45) is 0 Å². The average Bonchev–Trinajstić information content (AvgIpc) is 2.62. The Kier molecular flexibility index (Phi) is 4.82. The number of ether oxygens (including phenoxy) is 1. The van der Waals surface area contributed by atoms with Gasteiger partial charge in [-0.3, -0.25) is 4.79 Å². The molecule has 1 aliphatic heterocycles. The van der Waals surface area contributed by atoms with Crippen molar-refractivity contribution >= 4 is 16.9 Å². The number of benzene rings is 2. The van der Waals surface area contributed by atoms with E-state index in [9.17, 15) is 9.18 Å². The zero-order valence-corrected chi connectivity index (χ0v) is 13.6. The van der Waals surface area contributed by atoms with Gasteiger partial charge in [0.05, 0.1) is 0 Å². The van der Waals surface area contributed by atoms with Crippen LogP contribution in [0.1, 0.15) is 29.6 Å². The van der Waals surface area contributed by atoms with E-state index < -0.39 is 0 Å². The fourth-order valence-electron chi connectivity index (χ4n) is 2.75. The lowest BCUT2D eigenvalue weighted by Gasteiger charge is -2.29. The minimum atomic E-state index is -0.278. The Bertz CT molecular complexity index is 710. The molecule has 0 saturated carbocycles. The van der Waals surface area contributed by atoms with E-state index in [0.717, 1.165) is 29.3 Å². The number of hydrogen-bond donors (Lipinski definition) is 0. The molecule has 2 aromatic rings. The minimum absolute atomic E-state index is 0.0854. The standard InChI is InChI=1S/C19H17FO2S/c1-23-19(21)18-12-15(13-5-3-2-4-6-13)11-17(22-18)14-7-9-16(20)10-8-14/h2-10,12,15,17H,11H2,1H3/t15-,17+/m0/s1. The zero-order valence-electron chi connectivity index (χ0n) is 12.7. The molecule has 0 fully saturated rings. The Morgan fingerprint density at radius 3 is 2.43 bits per heavy atom. The summed E-state index contributed by atoms with van der Waals surface area (Å²) in [6.45, 7) is 0. The molecule has 0 bridgehead atoms. The van der Waals surface area contributed by atoms with Gasteiger partial charge in [0, 0.05) is 5.92 Å². The summed E-state index contributed by atoms with van der Waals surface area (Å²) >= 11 is 1.14. The topological polar surface area (TPSA) is 26.3 Å². The van der Waals surface area contributed by atoms with E-state index in [1.54, 1.807) is 18.4 Å². The summed E-state index contributed by atoms with van der Waals surface area (Å²) in [5, 5.41) is -0.0854. The second kappa shape index (κ2) is 7.01. The lowest BCUT2D eigenvalue weighted by Crippen LogP contribution is -2.18. The number of carbonyl (C=O) groups excluding carboxylic acids is 1. The molecule has 118 valence electrons. The highest BCUT2D eigenvalue weighted by Gasteiger charge is 2.28. The van der Waals surface area contributed by atoms with E-state index >= 15 is 0 Å². The first-order valence-electron chi connectivity index (χ1n) is 7.44. The summed E-state index contributed by atoms with van der Waals surface area (Å²) in [6, 6.07) is 16.3. The highest BCUT2D eigenvalue weighted by Crippen LogP contribution is 2.39. The predicted octanol–water partition coefficient (Wildman–Crippen LogP) is 4.84. The van der Waals surface area contributed by atoms with Crippen LogP contribution in [-0.2, 0) is 9.53 Å². The van der Waals surface area contributed by atoms with Gasteiger partial charge in [-0.15, -0.1) is 0 Å². The molecule has 0 unspecified atom stereocenters. The molecule has 2 nitrogen and oxygen atoms in total. The van der Waals surface area contributed by atoms with Crippen LogP contribution in [0.15, 0.2) is 66.4 Å². The van der Waals surface area contributed by atoms with Gasteiger partial charge < -0.3 is 4.74 Å². The minimum Gasteiger partial charge on any atom is -0.481 e. The third-order valence-electron chi connectivity index (χ3n) is 3.95. The highest BCUT2D eigenvalue weighted by atomic mass is 32.2. The van der Waals surface area contributed by atoms with Gasteiger partial charge in [-0.2, -0.15) is 0 Å². The maximum atomic E-state index is 13.1. The summed E-state index contributed by atoms with van der Waals surface area (Å²) in [7, 11) is 0. The molecule has 3 rings (SSSR count). The van der Waals surface area contributed by atoms with Crippen LogP contribution in [-0.4, -0.2) is 11.4 Å². The fourth-order valence-corrected chi connectivity index (χ4v) is 3.07. The molecule has 0 saturated heterocycles. The van der Waals surface area contributed by atoms with E-state index in [0.29, 0.717) is 5.76 Å². The van der Waals surface area contributed by atoms with Crippen molar-refractivity contribution in [1.82, 2.24) is 0 Å². The van der Waals surface area contributed by atoms with Gasteiger partial charge in [0.1, 0.15) is 11.9 Å². The maximum absolute atomic E-state index is 13.1. The number of hydrogen-bond acceptors (Lipinski definition) is 3. The molecular weight excluding hydrogens is 311 g/mol. The molecule has 23 heavy (non-hydrogen) atoms. The van der Waals surface area contributed by atoms with Gasteiger partial charge in [-0.05, 0) is 42.0 Å². The number of halogens is 1. The van der Waals surface area contributed by atoms with E-state index in [-0.39, 0.29) is 23.0 Å². The largest absolute Gasteiger partial charge is 0.481 e. The smallest absolute Gasteiger partial charge is 0.253 e. The zero-order chi connectivity index (χ0) is 16.2. The van der Waals surface area contributed by atoms with Crippen molar-refractivity contribution in [2.45, 2.75) is 18.4 Å². The van der Waals surface area contributed by atoms with Crippen molar-refractivity contribution in [3.63, 3.8) is 0 Å². The maximum Gasteiger partial charge on any atom is 0.253 e. The van der Waals surface area contributed by atoms with Gasteiger partial charge in [0.25, 0.3) is 5.12 Å². The Morgan fingerprint density at radius 2 is 1.78 bits per heavy atom. The molecule has 2 aromatic carbocycles. The first kappa shape index (κ1) is 15.8. The normalized spacial score (nSPS) is 20.5. The molecule has 1 heterocycles. The van der Waals surface area contributed by atoms with E-state index in [4.69, 9.17) is 4.74 Å². The predicted molar refractivity (Wildman–Crippen MR) is 90.6 cm³/mol. The molecule has 0 spiro atoms. The van der Waals surface area contributed by atoms with Crippen LogP contribution in [0.4, 0.5) is 4.39 Å². The van der Waals surface area contributed by atoms with Crippen molar-refractivity contribution in [1.29, 1.82) is 0 Å². The van der Waals surface area contributed by atoms with Crippen LogP contribution in [0.3, 0.4) is 0 Å². The molecule has 1 aliphatic rings. The molecule has 2 atom stereocenters. The highest BCUT2D eigenvalue weighted by molar-refractivity contribution is 8.13. The van der Waals surface area contributed by atoms with Crippen LogP contribution in [0.25, 0.3) is 0 Å². The van der Waals surface area contributed by atoms with Gasteiger partial charge in [-0.1, -0.05) is 54.2 Å². The Balaban J connectivity index is 1.93. The number of allylic oxidation sites excluding steroid dienone is 1. The van der Waals surface area contributed by atoms with Crippen molar-refractivity contribution < 1.29 is 13.9 Å². The van der Waals surface area contributed by atoms with Crippen LogP contribution in [0.2, 0.25) is 0 Å². The summed E-state index contributed by atoms with van der Waals surface area (Å²) in [5.41, 5.74) is 2.03. The first-order chi connectivity index (χ1) is 11.2. The lowest BCUT2D eigenvalue weighted by atomic mass is 9.88.